The lowest BCUT2D eigenvalue weighted by Gasteiger charge is -2.11. The molecular formula is C19H18Cl2N4O3S. The molecule has 3 rings (SSSR count). The summed E-state index contributed by atoms with van der Waals surface area (Å²) in [5, 5.41) is 12.7. The molecule has 0 aliphatic rings. The van der Waals surface area contributed by atoms with Crippen LogP contribution >= 0.6 is 35.0 Å². The molecule has 1 aromatic heterocycles. The van der Waals surface area contributed by atoms with E-state index in [4.69, 9.17) is 32.7 Å². The maximum absolute atomic E-state index is 12.4. The number of hydrogen-bond acceptors (Lipinski definition) is 6. The molecule has 0 spiro atoms. The Kier molecular flexibility index (Phi) is 6.89. The van der Waals surface area contributed by atoms with Crippen LogP contribution in [0.2, 0.25) is 10.0 Å². The Balaban J connectivity index is 1.67. The standard InChI is InChI=1S/C19H18Cl2N4O3S/c1-25-18(11-4-6-13(20)14(21)8-11)23-24-19(25)29-10-17(26)22-15-7-5-12(27-2)9-16(15)28-3/h4-9H,10H2,1-3H3,(H,22,26). The molecule has 29 heavy (non-hydrogen) atoms. The Morgan fingerprint density at radius 1 is 1.10 bits per heavy atom. The fourth-order valence-corrected chi connectivity index (χ4v) is 3.55. The first-order valence-corrected chi connectivity index (χ1v) is 10.2. The fraction of sp³-hybridized carbons (Fsp3) is 0.211. The van der Waals surface area contributed by atoms with Crippen LogP contribution in [0.5, 0.6) is 11.5 Å². The molecule has 1 heterocycles. The molecule has 0 bridgehead atoms. The molecule has 0 saturated carbocycles. The number of methoxy groups -OCH3 is 2. The van der Waals surface area contributed by atoms with Gasteiger partial charge in [-0.25, -0.2) is 0 Å². The molecule has 1 amide bonds. The number of hydrogen-bond donors (Lipinski definition) is 1. The van der Waals surface area contributed by atoms with Crippen LogP contribution in [0.15, 0.2) is 41.6 Å². The molecular weight excluding hydrogens is 435 g/mol. The summed E-state index contributed by atoms with van der Waals surface area (Å²) in [7, 11) is 4.92. The normalized spacial score (nSPS) is 10.7. The summed E-state index contributed by atoms with van der Waals surface area (Å²) in [6.45, 7) is 0. The van der Waals surface area contributed by atoms with Crippen molar-refractivity contribution in [2.24, 2.45) is 7.05 Å². The van der Waals surface area contributed by atoms with Gasteiger partial charge in [-0.2, -0.15) is 0 Å². The summed E-state index contributed by atoms with van der Waals surface area (Å²) in [5.41, 5.74) is 1.35. The highest BCUT2D eigenvalue weighted by Gasteiger charge is 2.15. The summed E-state index contributed by atoms with van der Waals surface area (Å²) < 4.78 is 12.2. The van der Waals surface area contributed by atoms with Gasteiger partial charge >= 0.3 is 0 Å². The summed E-state index contributed by atoms with van der Waals surface area (Å²) in [5.74, 6) is 1.75. The number of ether oxygens (including phenoxy) is 2. The topological polar surface area (TPSA) is 78.3 Å². The van der Waals surface area contributed by atoms with Gasteiger partial charge in [0.25, 0.3) is 0 Å². The third-order valence-corrected chi connectivity index (χ3v) is 5.79. The number of aromatic nitrogens is 3. The number of carbonyl (C=O) groups excluding carboxylic acids is 1. The van der Waals surface area contributed by atoms with Crippen molar-refractivity contribution >= 4 is 46.6 Å². The summed E-state index contributed by atoms with van der Waals surface area (Å²) in [4.78, 5) is 12.4. The Morgan fingerprint density at radius 3 is 2.59 bits per heavy atom. The second-order valence-corrected chi connectivity index (χ2v) is 7.65. The quantitative estimate of drug-likeness (QED) is 0.530. The molecule has 10 heteroatoms. The van der Waals surface area contributed by atoms with Crippen molar-refractivity contribution in [3.63, 3.8) is 0 Å². The van der Waals surface area contributed by atoms with E-state index in [1.807, 2.05) is 13.1 Å². The molecule has 152 valence electrons. The van der Waals surface area contributed by atoms with E-state index in [9.17, 15) is 4.79 Å². The summed E-state index contributed by atoms with van der Waals surface area (Å²) in [6, 6.07) is 10.4. The van der Waals surface area contributed by atoms with Crippen molar-refractivity contribution in [2.45, 2.75) is 5.16 Å². The number of halogens is 2. The minimum absolute atomic E-state index is 0.155. The number of nitrogens with zero attached hydrogens (tertiary/aromatic N) is 3. The van der Waals surface area contributed by atoms with Crippen molar-refractivity contribution in [1.82, 2.24) is 14.8 Å². The number of carbonyl (C=O) groups is 1. The third kappa shape index (κ3) is 4.95. The lowest BCUT2D eigenvalue weighted by Crippen LogP contribution is -2.15. The maximum atomic E-state index is 12.4. The third-order valence-electron chi connectivity index (χ3n) is 4.03. The van der Waals surface area contributed by atoms with Crippen LogP contribution in [0.1, 0.15) is 0 Å². The van der Waals surface area contributed by atoms with E-state index >= 15 is 0 Å². The number of amides is 1. The average Bonchev–Trinajstić information content (AvgIpc) is 3.09. The Labute approximate surface area is 182 Å². The second kappa shape index (κ2) is 9.39. The molecule has 0 saturated heterocycles. The number of nitrogens with one attached hydrogen (secondary N) is 1. The second-order valence-electron chi connectivity index (χ2n) is 5.90. The minimum atomic E-state index is -0.197. The Bertz CT molecular complexity index is 1040. The maximum Gasteiger partial charge on any atom is 0.234 e. The Hall–Kier alpha value is -2.42. The van der Waals surface area contributed by atoms with Crippen molar-refractivity contribution in [2.75, 3.05) is 25.3 Å². The summed E-state index contributed by atoms with van der Waals surface area (Å²) >= 11 is 13.3. The van der Waals surface area contributed by atoms with Crippen LogP contribution in [-0.2, 0) is 11.8 Å². The monoisotopic (exact) mass is 452 g/mol. The molecule has 0 atom stereocenters. The molecule has 1 N–H and O–H groups in total. The predicted octanol–water partition coefficient (Wildman–Crippen LogP) is 4.54. The highest BCUT2D eigenvalue weighted by atomic mass is 35.5. The van der Waals surface area contributed by atoms with Crippen LogP contribution in [0.4, 0.5) is 5.69 Å². The van der Waals surface area contributed by atoms with Gasteiger partial charge in [0.05, 0.1) is 35.7 Å². The highest BCUT2D eigenvalue weighted by Crippen LogP contribution is 2.30. The molecule has 0 fully saturated rings. The number of benzene rings is 2. The number of thioether (sulfide) groups is 1. The van der Waals surface area contributed by atoms with E-state index in [0.717, 1.165) is 5.56 Å². The average molecular weight is 453 g/mol. The van der Waals surface area contributed by atoms with Crippen LogP contribution < -0.4 is 14.8 Å². The Morgan fingerprint density at radius 2 is 1.90 bits per heavy atom. The van der Waals surface area contributed by atoms with Gasteiger partial charge in [0.15, 0.2) is 11.0 Å². The first kappa shape index (κ1) is 21.3. The SMILES string of the molecule is COc1ccc(NC(=O)CSc2nnc(-c3ccc(Cl)c(Cl)c3)n2C)c(OC)c1. The van der Waals surface area contributed by atoms with Gasteiger partial charge < -0.3 is 19.4 Å². The van der Waals surface area contributed by atoms with E-state index < -0.39 is 0 Å². The molecule has 0 radical (unpaired) electrons. The van der Waals surface area contributed by atoms with E-state index in [2.05, 4.69) is 15.5 Å². The largest absolute Gasteiger partial charge is 0.497 e. The van der Waals surface area contributed by atoms with Gasteiger partial charge in [0, 0.05) is 18.7 Å². The molecule has 2 aromatic carbocycles. The van der Waals surface area contributed by atoms with Crippen LogP contribution in [0.25, 0.3) is 11.4 Å². The van der Waals surface area contributed by atoms with Crippen LogP contribution in [0, 0.1) is 0 Å². The zero-order valence-corrected chi connectivity index (χ0v) is 18.2. The lowest BCUT2D eigenvalue weighted by molar-refractivity contribution is -0.113. The van der Waals surface area contributed by atoms with E-state index in [0.29, 0.717) is 38.2 Å². The van der Waals surface area contributed by atoms with E-state index in [1.165, 1.54) is 18.9 Å². The minimum Gasteiger partial charge on any atom is -0.497 e. The van der Waals surface area contributed by atoms with Crippen LogP contribution in [0.3, 0.4) is 0 Å². The first-order valence-electron chi connectivity index (χ1n) is 8.42. The molecule has 0 aliphatic carbocycles. The van der Waals surface area contributed by atoms with Crippen molar-refractivity contribution in [3.05, 3.63) is 46.4 Å². The van der Waals surface area contributed by atoms with Gasteiger partial charge in [-0.15, -0.1) is 10.2 Å². The van der Waals surface area contributed by atoms with E-state index in [-0.39, 0.29) is 11.7 Å². The van der Waals surface area contributed by atoms with Gasteiger partial charge in [0.1, 0.15) is 11.5 Å². The van der Waals surface area contributed by atoms with Crippen molar-refractivity contribution in [3.8, 4) is 22.9 Å². The van der Waals surface area contributed by atoms with Gasteiger partial charge in [-0.05, 0) is 30.3 Å². The van der Waals surface area contributed by atoms with Gasteiger partial charge in [-0.3, -0.25) is 4.79 Å². The molecule has 3 aromatic rings. The van der Waals surface area contributed by atoms with Gasteiger partial charge in [0.2, 0.25) is 5.91 Å². The van der Waals surface area contributed by atoms with Gasteiger partial charge in [-0.1, -0.05) is 35.0 Å². The predicted molar refractivity (Wildman–Crippen MR) is 115 cm³/mol. The van der Waals surface area contributed by atoms with Crippen molar-refractivity contribution < 1.29 is 14.3 Å². The van der Waals surface area contributed by atoms with E-state index in [1.54, 1.807) is 42.0 Å². The molecule has 0 aliphatic heterocycles. The first-order chi connectivity index (χ1) is 13.9. The fourth-order valence-electron chi connectivity index (χ4n) is 2.55. The van der Waals surface area contributed by atoms with Crippen molar-refractivity contribution in [1.29, 1.82) is 0 Å². The summed E-state index contributed by atoms with van der Waals surface area (Å²) in [6.07, 6.45) is 0. The number of anilines is 1. The number of rotatable bonds is 7. The highest BCUT2D eigenvalue weighted by molar-refractivity contribution is 7.99. The zero-order valence-electron chi connectivity index (χ0n) is 15.9. The molecule has 0 unspecified atom stereocenters. The zero-order chi connectivity index (χ0) is 21.0. The smallest absolute Gasteiger partial charge is 0.234 e. The lowest BCUT2D eigenvalue weighted by atomic mass is 10.2. The van der Waals surface area contributed by atoms with Crippen LogP contribution in [-0.4, -0.2) is 40.6 Å². The molecule has 7 nitrogen and oxygen atoms in total.